The van der Waals surface area contributed by atoms with Crippen LogP contribution in [0, 0.1) is 0 Å². The van der Waals surface area contributed by atoms with Crippen molar-refractivity contribution in [3.05, 3.63) is 92.9 Å². The molecule has 3 rings (SSSR count). The van der Waals surface area contributed by atoms with Crippen LogP contribution in [0.3, 0.4) is 0 Å². The van der Waals surface area contributed by atoms with E-state index in [1.807, 2.05) is 36.4 Å². The Labute approximate surface area is 182 Å². The van der Waals surface area contributed by atoms with Crippen LogP contribution in [0.15, 0.2) is 76.3 Å². The maximum absolute atomic E-state index is 12.0. The number of halogens is 2. The lowest BCUT2D eigenvalue weighted by molar-refractivity contribution is 0.0955. The van der Waals surface area contributed by atoms with Crippen molar-refractivity contribution in [2.75, 3.05) is 7.11 Å². The summed E-state index contributed by atoms with van der Waals surface area (Å²) in [5, 5.41) is 4.65. The minimum atomic E-state index is -0.285. The number of rotatable bonds is 7. The zero-order valence-corrected chi connectivity index (χ0v) is 17.9. The predicted octanol–water partition coefficient (Wildman–Crippen LogP) is 5.45. The Bertz CT molecular complexity index is 1030. The summed E-state index contributed by atoms with van der Waals surface area (Å²) in [6.07, 6.45) is 1.53. The molecule has 7 heteroatoms. The summed E-state index contributed by atoms with van der Waals surface area (Å²) in [4.78, 5) is 12.0. The van der Waals surface area contributed by atoms with E-state index in [1.54, 1.807) is 37.4 Å². The molecule has 1 N–H and O–H groups in total. The number of amides is 1. The molecule has 0 radical (unpaired) electrons. The first-order chi connectivity index (χ1) is 14.1. The Morgan fingerprint density at radius 2 is 1.86 bits per heavy atom. The lowest BCUT2D eigenvalue weighted by atomic mass is 10.2. The number of nitrogens with zero attached hydrogens (tertiary/aromatic N) is 1. The quantitative estimate of drug-likeness (QED) is 0.366. The second-order valence-corrected chi connectivity index (χ2v) is 7.24. The van der Waals surface area contributed by atoms with Gasteiger partial charge in [0, 0.05) is 16.1 Å². The number of benzene rings is 3. The molecule has 5 nitrogen and oxygen atoms in total. The van der Waals surface area contributed by atoms with E-state index in [-0.39, 0.29) is 5.91 Å². The van der Waals surface area contributed by atoms with Gasteiger partial charge in [0.1, 0.15) is 6.61 Å². The third kappa shape index (κ3) is 5.59. The van der Waals surface area contributed by atoms with E-state index in [4.69, 9.17) is 21.1 Å². The molecule has 0 unspecified atom stereocenters. The third-order valence-electron chi connectivity index (χ3n) is 4.00. The minimum Gasteiger partial charge on any atom is -0.493 e. The van der Waals surface area contributed by atoms with Gasteiger partial charge >= 0.3 is 0 Å². The first-order valence-electron chi connectivity index (χ1n) is 8.70. The van der Waals surface area contributed by atoms with Crippen LogP contribution in [-0.4, -0.2) is 19.2 Å². The molecule has 29 heavy (non-hydrogen) atoms. The van der Waals surface area contributed by atoms with Gasteiger partial charge < -0.3 is 9.47 Å². The van der Waals surface area contributed by atoms with Crippen LogP contribution in [-0.2, 0) is 6.61 Å². The highest BCUT2D eigenvalue weighted by atomic mass is 79.9. The normalized spacial score (nSPS) is 10.7. The summed E-state index contributed by atoms with van der Waals surface area (Å²) in [5.74, 6) is 0.799. The van der Waals surface area contributed by atoms with Gasteiger partial charge in [-0.3, -0.25) is 4.79 Å². The molecule has 0 heterocycles. The van der Waals surface area contributed by atoms with E-state index >= 15 is 0 Å². The largest absolute Gasteiger partial charge is 0.493 e. The van der Waals surface area contributed by atoms with Crippen LogP contribution in [0.5, 0.6) is 11.5 Å². The highest BCUT2D eigenvalue weighted by molar-refractivity contribution is 9.10. The lowest BCUT2D eigenvalue weighted by Gasteiger charge is -2.14. The summed E-state index contributed by atoms with van der Waals surface area (Å²) in [5.41, 5.74) is 4.64. The monoisotopic (exact) mass is 472 g/mol. The van der Waals surface area contributed by atoms with Crippen LogP contribution in [0.25, 0.3) is 0 Å². The molecule has 0 saturated carbocycles. The van der Waals surface area contributed by atoms with Crippen LogP contribution in [0.1, 0.15) is 21.5 Å². The van der Waals surface area contributed by atoms with E-state index < -0.39 is 0 Å². The number of hydrogen-bond donors (Lipinski definition) is 1. The summed E-state index contributed by atoms with van der Waals surface area (Å²) in [7, 11) is 1.56. The predicted molar refractivity (Wildman–Crippen MR) is 118 cm³/mol. The average Bonchev–Trinajstić information content (AvgIpc) is 2.74. The first-order valence-corrected chi connectivity index (χ1v) is 9.87. The Hall–Kier alpha value is -2.83. The van der Waals surface area contributed by atoms with Gasteiger partial charge in [-0.25, -0.2) is 5.43 Å². The molecular formula is C22H18BrClN2O3. The number of carbonyl (C=O) groups excluding carboxylic acids is 1. The molecule has 0 atom stereocenters. The van der Waals surface area contributed by atoms with Gasteiger partial charge in [0.25, 0.3) is 5.91 Å². The molecule has 0 aliphatic carbocycles. The second kappa shape index (κ2) is 10.1. The van der Waals surface area contributed by atoms with Crippen molar-refractivity contribution in [3.8, 4) is 11.5 Å². The molecule has 0 saturated heterocycles. The fourth-order valence-corrected chi connectivity index (χ4v) is 3.30. The highest BCUT2D eigenvalue weighted by Crippen LogP contribution is 2.37. The van der Waals surface area contributed by atoms with E-state index in [9.17, 15) is 4.79 Å². The van der Waals surface area contributed by atoms with Crippen molar-refractivity contribution in [2.24, 2.45) is 5.10 Å². The molecule has 148 valence electrons. The van der Waals surface area contributed by atoms with Crippen molar-refractivity contribution in [1.29, 1.82) is 0 Å². The van der Waals surface area contributed by atoms with Crippen molar-refractivity contribution in [2.45, 2.75) is 6.61 Å². The van der Waals surface area contributed by atoms with Gasteiger partial charge in [-0.05, 0) is 51.8 Å². The third-order valence-corrected chi connectivity index (χ3v) is 4.96. The Morgan fingerprint density at radius 1 is 1.14 bits per heavy atom. The minimum absolute atomic E-state index is 0.285. The molecule has 0 bridgehead atoms. The summed E-state index contributed by atoms with van der Waals surface area (Å²) in [6.45, 7) is 0.301. The van der Waals surface area contributed by atoms with E-state index in [2.05, 4.69) is 26.5 Å². The van der Waals surface area contributed by atoms with Crippen LogP contribution in [0.4, 0.5) is 0 Å². The van der Waals surface area contributed by atoms with Crippen LogP contribution in [0.2, 0.25) is 5.02 Å². The van der Waals surface area contributed by atoms with Crippen molar-refractivity contribution < 1.29 is 14.3 Å². The Balaban J connectivity index is 1.70. The number of hydrogen-bond acceptors (Lipinski definition) is 4. The standard InChI is InChI=1S/C22H18BrClN2O3/c1-28-20-12-15(13-25-26-22(27)16-7-3-2-4-8-16)11-18(23)21(20)29-14-17-9-5-6-10-19(17)24/h2-13H,14H2,1H3,(H,26,27)/b25-13+. The molecule has 0 fully saturated rings. The van der Waals surface area contributed by atoms with Gasteiger partial charge in [-0.15, -0.1) is 0 Å². The maximum atomic E-state index is 12.0. The molecule has 0 aliphatic rings. The van der Waals surface area contributed by atoms with Gasteiger partial charge in [-0.2, -0.15) is 5.10 Å². The van der Waals surface area contributed by atoms with Crippen LogP contribution >= 0.6 is 27.5 Å². The fourth-order valence-electron chi connectivity index (χ4n) is 2.54. The fraction of sp³-hybridized carbons (Fsp3) is 0.0909. The topological polar surface area (TPSA) is 59.9 Å². The van der Waals surface area contributed by atoms with Crippen LogP contribution < -0.4 is 14.9 Å². The molecule has 3 aromatic rings. The number of carbonyl (C=O) groups is 1. The first kappa shape index (κ1) is 20.9. The summed E-state index contributed by atoms with van der Waals surface area (Å²) < 4.78 is 12.1. The maximum Gasteiger partial charge on any atom is 0.271 e. The second-order valence-electron chi connectivity index (χ2n) is 5.98. The number of ether oxygens (including phenoxy) is 2. The smallest absolute Gasteiger partial charge is 0.271 e. The van der Waals surface area contributed by atoms with Crippen molar-refractivity contribution in [1.82, 2.24) is 5.43 Å². The number of hydrazone groups is 1. The molecule has 0 aliphatic heterocycles. The van der Waals surface area contributed by atoms with Gasteiger partial charge in [0.2, 0.25) is 0 Å². The highest BCUT2D eigenvalue weighted by Gasteiger charge is 2.12. The zero-order valence-electron chi connectivity index (χ0n) is 15.6. The van der Waals surface area contributed by atoms with Crippen molar-refractivity contribution >= 4 is 39.7 Å². The van der Waals surface area contributed by atoms with E-state index in [0.717, 1.165) is 11.1 Å². The Kier molecular flexibility index (Phi) is 7.27. The summed E-state index contributed by atoms with van der Waals surface area (Å²) >= 11 is 9.68. The van der Waals surface area contributed by atoms with E-state index in [0.29, 0.717) is 33.2 Å². The Morgan fingerprint density at radius 3 is 2.59 bits per heavy atom. The number of nitrogens with one attached hydrogen (secondary N) is 1. The number of methoxy groups -OCH3 is 1. The molecular weight excluding hydrogens is 456 g/mol. The van der Waals surface area contributed by atoms with Gasteiger partial charge in [0.15, 0.2) is 11.5 Å². The van der Waals surface area contributed by atoms with E-state index in [1.165, 1.54) is 6.21 Å². The SMILES string of the molecule is COc1cc(/C=N/NC(=O)c2ccccc2)cc(Br)c1OCc1ccccc1Cl. The lowest BCUT2D eigenvalue weighted by Crippen LogP contribution is -2.17. The average molecular weight is 474 g/mol. The zero-order chi connectivity index (χ0) is 20.6. The van der Waals surface area contributed by atoms with Crippen molar-refractivity contribution in [3.63, 3.8) is 0 Å². The van der Waals surface area contributed by atoms with Gasteiger partial charge in [-0.1, -0.05) is 48.0 Å². The molecule has 3 aromatic carbocycles. The van der Waals surface area contributed by atoms with Gasteiger partial charge in [0.05, 0.1) is 17.8 Å². The molecule has 1 amide bonds. The summed E-state index contributed by atoms with van der Waals surface area (Å²) in [6, 6.07) is 19.9. The molecule has 0 spiro atoms. The molecule has 0 aromatic heterocycles.